The first kappa shape index (κ1) is 14.6. The molecule has 0 spiro atoms. The number of ether oxygens (including phenoxy) is 1. The zero-order chi connectivity index (χ0) is 14.8. The van der Waals surface area contributed by atoms with Crippen molar-refractivity contribution >= 4 is 11.8 Å². The van der Waals surface area contributed by atoms with Crippen molar-refractivity contribution in [2.75, 3.05) is 12.4 Å². The summed E-state index contributed by atoms with van der Waals surface area (Å²) in [7, 11) is 1.55. The van der Waals surface area contributed by atoms with Gasteiger partial charge < -0.3 is 15.2 Å². The fraction of sp³-hybridized carbons (Fsp3) is 0.643. The fourth-order valence-electron chi connectivity index (χ4n) is 2.72. The van der Waals surface area contributed by atoms with Gasteiger partial charge in [-0.15, -0.1) is 0 Å². The van der Waals surface area contributed by atoms with Crippen LogP contribution >= 0.6 is 0 Å². The minimum atomic E-state index is -0.760. The van der Waals surface area contributed by atoms with Crippen LogP contribution in [0.3, 0.4) is 0 Å². The Kier molecular flexibility index (Phi) is 4.11. The highest BCUT2D eigenvalue weighted by atomic mass is 16.5. The van der Waals surface area contributed by atoms with Gasteiger partial charge in [-0.2, -0.15) is 4.98 Å². The molecular weight excluding hydrogens is 258 g/mol. The van der Waals surface area contributed by atoms with Crippen molar-refractivity contribution in [2.45, 2.75) is 45.6 Å². The van der Waals surface area contributed by atoms with Crippen LogP contribution in [-0.4, -0.2) is 34.2 Å². The van der Waals surface area contributed by atoms with Crippen LogP contribution in [0.1, 0.15) is 38.4 Å². The minimum absolute atomic E-state index is 0.132. The molecule has 0 saturated heterocycles. The van der Waals surface area contributed by atoms with Gasteiger partial charge in [-0.3, -0.25) is 4.79 Å². The van der Waals surface area contributed by atoms with Gasteiger partial charge in [0.25, 0.3) is 0 Å². The molecular formula is C14H21N3O3. The monoisotopic (exact) mass is 279 g/mol. The number of carbonyl (C=O) groups is 1. The Morgan fingerprint density at radius 1 is 1.50 bits per heavy atom. The van der Waals surface area contributed by atoms with Crippen molar-refractivity contribution in [3.63, 3.8) is 0 Å². The molecule has 1 aromatic heterocycles. The summed E-state index contributed by atoms with van der Waals surface area (Å²) in [5.74, 6) is 0.939. The van der Waals surface area contributed by atoms with Crippen molar-refractivity contribution in [3.8, 4) is 5.88 Å². The van der Waals surface area contributed by atoms with Crippen molar-refractivity contribution in [1.29, 1.82) is 0 Å². The molecule has 2 rings (SSSR count). The molecule has 0 amide bonds. The second-order valence-electron chi connectivity index (χ2n) is 5.51. The van der Waals surface area contributed by atoms with Crippen LogP contribution in [0.2, 0.25) is 0 Å². The SMILES string of the molecule is COc1cc(NC2CCCCC2(C)C(=O)O)nc(C)n1. The maximum atomic E-state index is 11.6. The molecule has 2 N–H and O–H groups in total. The lowest BCUT2D eigenvalue weighted by Gasteiger charge is -2.38. The molecule has 1 aliphatic rings. The van der Waals surface area contributed by atoms with E-state index in [1.54, 1.807) is 27.0 Å². The summed E-state index contributed by atoms with van der Waals surface area (Å²) >= 11 is 0. The summed E-state index contributed by atoms with van der Waals surface area (Å²) in [6.45, 7) is 3.59. The predicted octanol–water partition coefficient (Wildman–Crippen LogP) is 2.24. The number of aryl methyl sites for hydroxylation is 1. The zero-order valence-electron chi connectivity index (χ0n) is 12.1. The smallest absolute Gasteiger partial charge is 0.311 e. The number of nitrogens with one attached hydrogen (secondary N) is 1. The summed E-state index contributed by atoms with van der Waals surface area (Å²) in [6, 6.07) is 1.57. The molecule has 20 heavy (non-hydrogen) atoms. The number of aliphatic carboxylic acids is 1. The second kappa shape index (κ2) is 5.64. The molecule has 1 fully saturated rings. The second-order valence-corrected chi connectivity index (χ2v) is 5.51. The molecule has 0 radical (unpaired) electrons. The Morgan fingerprint density at radius 2 is 2.25 bits per heavy atom. The Bertz CT molecular complexity index is 506. The van der Waals surface area contributed by atoms with Crippen molar-refractivity contribution in [1.82, 2.24) is 9.97 Å². The first-order valence-electron chi connectivity index (χ1n) is 6.85. The maximum absolute atomic E-state index is 11.6. The van der Waals surface area contributed by atoms with Crippen LogP contribution < -0.4 is 10.1 Å². The Morgan fingerprint density at radius 3 is 2.90 bits per heavy atom. The van der Waals surface area contributed by atoms with Crippen LogP contribution in [0.5, 0.6) is 5.88 Å². The van der Waals surface area contributed by atoms with Gasteiger partial charge in [0.2, 0.25) is 5.88 Å². The third-order valence-corrected chi connectivity index (χ3v) is 4.04. The number of carboxylic acids is 1. The molecule has 1 aliphatic carbocycles. The average molecular weight is 279 g/mol. The van der Waals surface area contributed by atoms with E-state index in [1.165, 1.54) is 0 Å². The van der Waals surface area contributed by atoms with Crippen LogP contribution in [0, 0.1) is 12.3 Å². The van der Waals surface area contributed by atoms with E-state index in [2.05, 4.69) is 15.3 Å². The third-order valence-electron chi connectivity index (χ3n) is 4.04. The first-order chi connectivity index (χ1) is 9.45. The molecule has 1 aromatic rings. The number of carboxylic acid groups (broad SMARTS) is 1. The maximum Gasteiger partial charge on any atom is 0.311 e. The van der Waals surface area contributed by atoms with Crippen LogP contribution in [0.4, 0.5) is 5.82 Å². The van der Waals surface area contributed by atoms with Gasteiger partial charge in [0, 0.05) is 12.1 Å². The molecule has 0 aliphatic heterocycles. The summed E-state index contributed by atoms with van der Waals surface area (Å²) in [5, 5.41) is 12.8. The molecule has 0 bridgehead atoms. The number of hydrogen-bond acceptors (Lipinski definition) is 5. The van der Waals surface area contributed by atoms with E-state index in [4.69, 9.17) is 4.74 Å². The van der Waals surface area contributed by atoms with Gasteiger partial charge in [0.1, 0.15) is 11.6 Å². The topological polar surface area (TPSA) is 84.3 Å². The van der Waals surface area contributed by atoms with Crippen LogP contribution in [0.15, 0.2) is 6.07 Å². The van der Waals surface area contributed by atoms with Crippen LogP contribution in [0.25, 0.3) is 0 Å². The lowest BCUT2D eigenvalue weighted by atomic mass is 9.71. The van der Waals surface area contributed by atoms with Crippen molar-refractivity contribution in [2.24, 2.45) is 5.41 Å². The van der Waals surface area contributed by atoms with Gasteiger partial charge in [0.05, 0.1) is 12.5 Å². The quantitative estimate of drug-likeness (QED) is 0.879. The molecule has 2 unspecified atom stereocenters. The van der Waals surface area contributed by atoms with E-state index in [-0.39, 0.29) is 6.04 Å². The van der Waals surface area contributed by atoms with E-state index in [1.807, 2.05) is 0 Å². The minimum Gasteiger partial charge on any atom is -0.481 e. The van der Waals surface area contributed by atoms with Crippen molar-refractivity contribution < 1.29 is 14.6 Å². The number of hydrogen-bond donors (Lipinski definition) is 2. The summed E-state index contributed by atoms with van der Waals surface area (Å²) < 4.78 is 5.12. The predicted molar refractivity (Wildman–Crippen MR) is 74.9 cm³/mol. The molecule has 6 heteroatoms. The van der Waals surface area contributed by atoms with Gasteiger partial charge in [0.15, 0.2) is 0 Å². The summed E-state index contributed by atoms with van der Waals surface area (Å²) in [4.78, 5) is 20.0. The van der Waals surface area contributed by atoms with E-state index < -0.39 is 11.4 Å². The highest BCUT2D eigenvalue weighted by Gasteiger charge is 2.43. The van der Waals surface area contributed by atoms with Crippen LogP contribution in [-0.2, 0) is 4.79 Å². The number of anilines is 1. The number of aromatic nitrogens is 2. The Hall–Kier alpha value is -1.85. The van der Waals surface area contributed by atoms with E-state index in [0.29, 0.717) is 23.9 Å². The molecule has 1 heterocycles. The third kappa shape index (κ3) is 2.84. The van der Waals surface area contributed by atoms with Gasteiger partial charge >= 0.3 is 5.97 Å². The van der Waals surface area contributed by atoms with Crippen molar-refractivity contribution in [3.05, 3.63) is 11.9 Å². The highest BCUT2D eigenvalue weighted by Crippen LogP contribution is 2.38. The van der Waals surface area contributed by atoms with Gasteiger partial charge in [-0.25, -0.2) is 4.98 Å². The Balaban J connectivity index is 2.23. The van der Waals surface area contributed by atoms with E-state index >= 15 is 0 Å². The molecule has 0 aromatic carbocycles. The van der Waals surface area contributed by atoms with E-state index in [9.17, 15) is 9.90 Å². The van der Waals surface area contributed by atoms with Gasteiger partial charge in [-0.05, 0) is 26.7 Å². The molecule has 2 atom stereocenters. The number of rotatable bonds is 4. The largest absolute Gasteiger partial charge is 0.481 e. The summed E-state index contributed by atoms with van der Waals surface area (Å²) in [5.41, 5.74) is -0.760. The molecule has 1 saturated carbocycles. The van der Waals surface area contributed by atoms with Gasteiger partial charge in [-0.1, -0.05) is 12.8 Å². The Labute approximate surface area is 118 Å². The average Bonchev–Trinajstić information content (AvgIpc) is 2.40. The summed E-state index contributed by atoms with van der Waals surface area (Å²) in [6.07, 6.45) is 3.49. The normalized spacial score (nSPS) is 26.1. The number of methoxy groups -OCH3 is 1. The molecule has 6 nitrogen and oxygen atoms in total. The van der Waals surface area contributed by atoms with E-state index in [0.717, 1.165) is 19.3 Å². The standard InChI is InChI=1S/C14H21N3O3/c1-9-15-11(8-12(16-9)20-3)17-10-6-4-5-7-14(10,2)13(18)19/h8,10H,4-7H2,1-3H3,(H,18,19)(H,15,16,17). The number of nitrogens with zero attached hydrogens (tertiary/aromatic N) is 2. The fourth-order valence-corrected chi connectivity index (χ4v) is 2.72. The lowest BCUT2D eigenvalue weighted by Crippen LogP contribution is -2.46. The highest BCUT2D eigenvalue weighted by molar-refractivity contribution is 5.76. The zero-order valence-corrected chi connectivity index (χ0v) is 12.1. The lowest BCUT2D eigenvalue weighted by molar-refractivity contribution is -0.150. The first-order valence-corrected chi connectivity index (χ1v) is 6.85. The molecule has 110 valence electrons.